The molecule has 1 aromatic carbocycles. The van der Waals surface area contributed by atoms with E-state index in [-0.39, 0.29) is 11.4 Å². The topological polar surface area (TPSA) is 32.3 Å². The van der Waals surface area contributed by atoms with E-state index in [1.54, 1.807) is 11.3 Å². The van der Waals surface area contributed by atoms with Gasteiger partial charge in [0.2, 0.25) is 0 Å². The summed E-state index contributed by atoms with van der Waals surface area (Å²) < 4.78 is 0. The average Bonchev–Trinajstić information content (AvgIpc) is 2.90. The van der Waals surface area contributed by atoms with Crippen LogP contribution < -0.4 is 5.32 Å². The smallest absolute Gasteiger partial charge is 0.256 e. The molecule has 0 fully saturated rings. The number of anilines is 1. The molecule has 3 rings (SSSR count). The second kappa shape index (κ2) is 6.69. The molecule has 1 aromatic heterocycles. The van der Waals surface area contributed by atoms with Gasteiger partial charge in [0.1, 0.15) is 0 Å². The van der Waals surface area contributed by atoms with Gasteiger partial charge in [0.25, 0.3) is 5.91 Å². The van der Waals surface area contributed by atoms with Crippen molar-refractivity contribution >= 4 is 22.2 Å². The van der Waals surface area contributed by atoms with Crippen LogP contribution in [0.25, 0.3) is 0 Å². The van der Waals surface area contributed by atoms with Crippen LogP contribution in [0.5, 0.6) is 0 Å². The Hall–Kier alpha value is -1.65. The molecule has 3 nitrogen and oxygen atoms in total. The van der Waals surface area contributed by atoms with Gasteiger partial charge in [-0.3, -0.25) is 9.69 Å². The van der Waals surface area contributed by atoms with Gasteiger partial charge in [0.05, 0.1) is 5.00 Å². The Labute approximate surface area is 148 Å². The van der Waals surface area contributed by atoms with Crippen molar-refractivity contribution in [3.8, 4) is 0 Å². The maximum Gasteiger partial charge on any atom is 0.256 e. The molecular weight excluding hydrogens is 316 g/mol. The summed E-state index contributed by atoms with van der Waals surface area (Å²) in [6.07, 6.45) is 2.04. The molecule has 4 heteroatoms. The van der Waals surface area contributed by atoms with E-state index in [0.29, 0.717) is 5.56 Å². The van der Waals surface area contributed by atoms with E-state index >= 15 is 0 Å². The van der Waals surface area contributed by atoms with E-state index in [1.165, 1.54) is 16.0 Å². The quantitative estimate of drug-likeness (QED) is 0.875. The maximum absolute atomic E-state index is 12.5. The highest BCUT2D eigenvalue weighted by Gasteiger charge is 2.29. The number of thiophene rings is 1. The Balaban J connectivity index is 1.85. The molecule has 1 aliphatic rings. The molecular formula is C20H26N2OS. The molecule has 1 aliphatic heterocycles. The second-order valence-corrected chi connectivity index (χ2v) is 8.43. The van der Waals surface area contributed by atoms with E-state index in [4.69, 9.17) is 0 Å². The normalized spacial score (nSPS) is 15.2. The highest BCUT2D eigenvalue weighted by Crippen LogP contribution is 2.39. The lowest BCUT2D eigenvalue weighted by Crippen LogP contribution is -2.43. The standard InChI is InChI=1S/C20H26N2OS/c1-5-15-16-11-12-22(20(2,3)4)13-17(16)24-19(15)21-18(23)14-9-7-6-8-10-14/h6-10H,5,11-13H2,1-4H3,(H,21,23). The van der Waals surface area contributed by atoms with Crippen molar-refractivity contribution in [2.24, 2.45) is 0 Å². The first-order valence-corrected chi connectivity index (χ1v) is 9.46. The molecule has 0 spiro atoms. The fraction of sp³-hybridized carbons (Fsp3) is 0.450. The highest BCUT2D eigenvalue weighted by atomic mass is 32.1. The van der Waals surface area contributed by atoms with Crippen LogP contribution in [0.15, 0.2) is 30.3 Å². The van der Waals surface area contributed by atoms with Crippen LogP contribution >= 0.6 is 11.3 Å². The molecule has 0 saturated carbocycles. The monoisotopic (exact) mass is 342 g/mol. The predicted octanol–water partition coefficient (Wildman–Crippen LogP) is 4.72. The van der Waals surface area contributed by atoms with E-state index < -0.39 is 0 Å². The van der Waals surface area contributed by atoms with Crippen molar-refractivity contribution in [2.45, 2.75) is 52.6 Å². The summed E-state index contributed by atoms with van der Waals surface area (Å²) in [4.78, 5) is 16.4. The number of nitrogens with zero attached hydrogens (tertiary/aromatic N) is 1. The molecule has 1 amide bonds. The summed E-state index contributed by atoms with van der Waals surface area (Å²) in [5.41, 5.74) is 3.68. The van der Waals surface area contributed by atoms with Gasteiger partial charge in [-0.05, 0) is 56.9 Å². The summed E-state index contributed by atoms with van der Waals surface area (Å²) in [6, 6.07) is 9.44. The SMILES string of the molecule is CCc1c(NC(=O)c2ccccc2)sc2c1CCN(C(C)(C)C)C2. The van der Waals surface area contributed by atoms with E-state index in [1.807, 2.05) is 30.3 Å². The lowest BCUT2D eigenvalue weighted by molar-refractivity contribution is 0.102. The Kier molecular flexibility index (Phi) is 4.79. The average molecular weight is 343 g/mol. The van der Waals surface area contributed by atoms with Gasteiger partial charge in [-0.1, -0.05) is 25.1 Å². The zero-order valence-corrected chi connectivity index (χ0v) is 15.8. The number of carbonyl (C=O) groups is 1. The van der Waals surface area contributed by atoms with Gasteiger partial charge in [0.15, 0.2) is 0 Å². The molecule has 1 N–H and O–H groups in total. The second-order valence-electron chi connectivity index (χ2n) is 7.33. The number of fused-ring (bicyclic) bond motifs is 1. The zero-order chi connectivity index (χ0) is 17.3. The summed E-state index contributed by atoms with van der Waals surface area (Å²) >= 11 is 1.76. The summed E-state index contributed by atoms with van der Waals surface area (Å²) in [6.45, 7) is 11.1. The third kappa shape index (κ3) is 3.40. The number of amides is 1. The Morgan fingerprint density at radius 1 is 1.25 bits per heavy atom. The van der Waals surface area contributed by atoms with Crippen LogP contribution in [0, 0.1) is 0 Å². The van der Waals surface area contributed by atoms with Crippen molar-refractivity contribution in [3.63, 3.8) is 0 Å². The number of carbonyl (C=O) groups excluding carboxylic acids is 1. The molecule has 24 heavy (non-hydrogen) atoms. The third-order valence-corrected chi connectivity index (χ3v) is 5.91. The highest BCUT2D eigenvalue weighted by molar-refractivity contribution is 7.16. The molecule has 0 radical (unpaired) electrons. The van der Waals surface area contributed by atoms with Gasteiger partial charge in [-0.25, -0.2) is 0 Å². The fourth-order valence-electron chi connectivity index (χ4n) is 3.28. The van der Waals surface area contributed by atoms with Gasteiger partial charge in [-0.2, -0.15) is 0 Å². The lowest BCUT2D eigenvalue weighted by Gasteiger charge is -2.38. The zero-order valence-electron chi connectivity index (χ0n) is 15.0. The van der Waals surface area contributed by atoms with Gasteiger partial charge in [-0.15, -0.1) is 11.3 Å². The van der Waals surface area contributed by atoms with Gasteiger partial charge >= 0.3 is 0 Å². The first-order chi connectivity index (χ1) is 11.4. The van der Waals surface area contributed by atoms with Crippen molar-refractivity contribution in [1.82, 2.24) is 4.90 Å². The first-order valence-electron chi connectivity index (χ1n) is 8.65. The molecule has 0 atom stereocenters. The minimum absolute atomic E-state index is 0.0171. The van der Waals surface area contributed by atoms with E-state index in [9.17, 15) is 4.79 Å². The van der Waals surface area contributed by atoms with Gasteiger partial charge < -0.3 is 5.32 Å². The van der Waals surface area contributed by atoms with Crippen LogP contribution in [-0.4, -0.2) is 22.9 Å². The largest absolute Gasteiger partial charge is 0.313 e. The summed E-state index contributed by atoms with van der Waals surface area (Å²) in [7, 11) is 0. The van der Waals surface area contributed by atoms with Crippen molar-refractivity contribution in [3.05, 3.63) is 51.9 Å². The van der Waals surface area contributed by atoms with Crippen LogP contribution in [0.2, 0.25) is 0 Å². The lowest BCUT2D eigenvalue weighted by atomic mass is 9.97. The van der Waals surface area contributed by atoms with Crippen molar-refractivity contribution < 1.29 is 4.79 Å². The van der Waals surface area contributed by atoms with E-state index in [2.05, 4.69) is 37.9 Å². The van der Waals surface area contributed by atoms with Crippen LogP contribution in [0.4, 0.5) is 5.00 Å². The number of benzene rings is 1. The fourth-order valence-corrected chi connectivity index (χ4v) is 4.63. The van der Waals surface area contributed by atoms with Crippen LogP contribution in [0.3, 0.4) is 0 Å². The molecule has 2 heterocycles. The number of rotatable bonds is 3. The molecule has 0 aliphatic carbocycles. The van der Waals surface area contributed by atoms with E-state index in [0.717, 1.165) is 30.9 Å². The molecule has 0 bridgehead atoms. The third-order valence-electron chi connectivity index (χ3n) is 4.73. The summed E-state index contributed by atoms with van der Waals surface area (Å²) in [5, 5.41) is 4.18. The first kappa shape index (κ1) is 17.2. The van der Waals surface area contributed by atoms with Gasteiger partial charge in [0, 0.05) is 29.1 Å². The molecule has 0 saturated heterocycles. The molecule has 128 valence electrons. The number of hydrogen-bond acceptors (Lipinski definition) is 3. The number of nitrogens with one attached hydrogen (secondary N) is 1. The Morgan fingerprint density at radius 2 is 1.96 bits per heavy atom. The van der Waals surface area contributed by atoms with Crippen molar-refractivity contribution in [2.75, 3.05) is 11.9 Å². The predicted molar refractivity (Wildman–Crippen MR) is 102 cm³/mol. The van der Waals surface area contributed by atoms with Crippen LogP contribution in [0.1, 0.15) is 54.1 Å². The Bertz CT molecular complexity index is 728. The molecule has 2 aromatic rings. The minimum Gasteiger partial charge on any atom is -0.313 e. The maximum atomic E-state index is 12.5. The number of hydrogen-bond donors (Lipinski definition) is 1. The van der Waals surface area contributed by atoms with Crippen molar-refractivity contribution in [1.29, 1.82) is 0 Å². The molecule has 0 unspecified atom stereocenters. The van der Waals surface area contributed by atoms with Crippen LogP contribution in [-0.2, 0) is 19.4 Å². The minimum atomic E-state index is -0.0171. The summed E-state index contributed by atoms with van der Waals surface area (Å²) in [5.74, 6) is -0.0171. The Morgan fingerprint density at radius 3 is 2.58 bits per heavy atom.